The fourth-order valence-corrected chi connectivity index (χ4v) is 2.76. The van der Waals surface area contributed by atoms with Gasteiger partial charge in [0, 0.05) is 0 Å². The van der Waals surface area contributed by atoms with Crippen molar-refractivity contribution in [2.45, 2.75) is 64.1 Å². The first-order chi connectivity index (χ1) is 16.0. The number of nitrogens with two attached hydrogens (primary N) is 2. The summed E-state index contributed by atoms with van der Waals surface area (Å²) in [4.78, 5) is 45.5. The molecule has 0 radical (unpaired) electrons. The third-order valence-corrected chi connectivity index (χ3v) is 4.59. The molecule has 34 heavy (non-hydrogen) atoms. The number of hydrogen-bond donors (Lipinski definition) is 10. The second-order valence-electron chi connectivity index (χ2n) is 7.32. The Bertz CT molecular complexity index is 651. The number of ketones is 2. The number of aldehydes is 2. The number of carbonyl (C=O) groups is 4. The van der Waals surface area contributed by atoms with E-state index in [2.05, 4.69) is 31.3 Å². The van der Waals surface area contributed by atoms with E-state index < -0.39 is 12.5 Å². The minimum absolute atomic E-state index is 0.0548. The quantitative estimate of drug-likeness (QED) is 0.0381. The van der Waals surface area contributed by atoms with Crippen LogP contribution >= 0.6 is 0 Å². The second-order valence-corrected chi connectivity index (χ2v) is 7.32. The summed E-state index contributed by atoms with van der Waals surface area (Å²) in [6.07, 6.45) is 1.63. The van der Waals surface area contributed by atoms with Crippen molar-refractivity contribution in [1.82, 2.24) is 21.3 Å². The van der Waals surface area contributed by atoms with Gasteiger partial charge in [0.1, 0.15) is 11.6 Å². The van der Waals surface area contributed by atoms with Crippen LogP contribution < -0.4 is 42.7 Å². The number of guanidine groups is 2. The molecule has 0 aromatic heterocycles. The fraction of sp³-hybridized carbons (Fsp3) is 0.700. The lowest BCUT2D eigenvalue weighted by molar-refractivity contribution is -0.462. The lowest BCUT2D eigenvalue weighted by Gasteiger charge is -2.10. The topological polar surface area (TPSA) is 237 Å². The average Bonchev–Trinajstić information content (AvgIpc) is 3.10. The van der Waals surface area contributed by atoms with E-state index in [0.717, 1.165) is 25.7 Å². The maximum atomic E-state index is 11.1. The molecule has 0 aromatic carbocycles. The monoisotopic (exact) mass is 490 g/mol. The molecule has 1 saturated heterocycles. The molecule has 4 unspecified atom stereocenters. The van der Waals surface area contributed by atoms with E-state index in [1.54, 1.807) is 27.9 Å². The van der Waals surface area contributed by atoms with Crippen molar-refractivity contribution in [2.75, 3.05) is 27.2 Å². The Morgan fingerprint density at radius 3 is 1.68 bits per heavy atom. The van der Waals surface area contributed by atoms with Gasteiger partial charge in [0.05, 0.1) is 25.2 Å². The van der Waals surface area contributed by atoms with Crippen LogP contribution in [-0.4, -0.2) is 98.0 Å². The number of nitrogens with one attached hydrogen (secondary N) is 6. The van der Waals surface area contributed by atoms with Crippen LogP contribution in [0.4, 0.5) is 0 Å². The molecular formula is C20H42N8O6+2. The molecule has 1 rings (SSSR count). The molecule has 12 N–H and O–H groups in total. The number of likely N-dealkylation sites (N-methyl/N-ethyl adjacent to an activating group) is 2. The second kappa shape index (κ2) is 20.7. The summed E-state index contributed by atoms with van der Waals surface area (Å²) in [6.45, 7) is 4.50. The van der Waals surface area contributed by atoms with E-state index in [9.17, 15) is 19.8 Å². The summed E-state index contributed by atoms with van der Waals surface area (Å²) >= 11 is 0. The number of aliphatic hydroxyl groups excluding tert-OH is 2. The zero-order valence-electron chi connectivity index (χ0n) is 20.4. The number of rotatable bonds is 13. The van der Waals surface area contributed by atoms with Gasteiger partial charge in [-0.05, 0) is 53.6 Å². The molecule has 0 amide bonds. The van der Waals surface area contributed by atoms with Gasteiger partial charge in [-0.1, -0.05) is 0 Å². The molecular weight excluding hydrogens is 448 g/mol. The van der Waals surface area contributed by atoms with E-state index in [0.29, 0.717) is 19.0 Å². The minimum Gasteiger partial charge on any atom is -0.357 e. The molecule has 1 aliphatic rings. The summed E-state index contributed by atoms with van der Waals surface area (Å²) in [5.74, 6) is 1.02. The average molecular weight is 491 g/mol. The van der Waals surface area contributed by atoms with Crippen molar-refractivity contribution in [3.63, 3.8) is 0 Å². The lowest BCUT2D eigenvalue weighted by atomic mass is 10.1. The Hall–Kier alpha value is -2.94. The summed E-state index contributed by atoms with van der Waals surface area (Å²) in [5.41, 5.74) is 10.4. The molecule has 0 aromatic rings. The first-order valence-corrected chi connectivity index (χ1v) is 10.9. The lowest BCUT2D eigenvalue weighted by Crippen LogP contribution is -2.78. The van der Waals surface area contributed by atoms with Crippen LogP contribution in [0.1, 0.15) is 39.5 Å². The van der Waals surface area contributed by atoms with E-state index in [1.807, 2.05) is 0 Å². The van der Waals surface area contributed by atoms with Gasteiger partial charge in [-0.2, -0.15) is 0 Å². The first-order valence-electron chi connectivity index (χ1n) is 10.9. The number of aliphatic hydroxyl groups is 2. The van der Waals surface area contributed by atoms with Gasteiger partial charge in [-0.25, -0.2) is 10.6 Å². The van der Waals surface area contributed by atoms with Crippen molar-refractivity contribution in [3.8, 4) is 0 Å². The van der Waals surface area contributed by atoms with E-state index >= 15 is 0 Å². The number of hydrogen-bond acceptors (Lipinski definition) is 8. The molecule has 1 heterocycles. The van der Waals surface area contributed by atoms with E-state index in [-0.39, 0.29) is 42.2 Å². The Morgan fingerprint density at radius 1 is 0.941 bits per heavy atom. The predicted molar refractivity (Wildman–Crippen MR) is 126 cm³/mol. The standard InChI is InChI=1S/C10H20N4O3.C8H18N4O.C2H2O2/c1-6(15)7(11-2)4-3-5-12-10-13-8(16)9(17)14-10;1-6(13)7(11-2)4-3-5-12-8(9)10;3-1-2-4/h7-9,11,16-17H,3-5H2,1-2H3,(H2,12,13,14);7,11H,3-5H2,1-2H3,(H4,9,10,12);1-2H/p+2. The van der Waals surface area contributed by atoms with Crippen molar-refractivity contribution >= 4 is 36.1 Å². The van der Waals surface area contributed by atoms with Crippen LogP contribution in [0.25, 0.3) is 0 Å². The molecule has 14 heteroatoms. The molecule has 0 aliphatic carbocycles. The Labute approximate surface area is 200 Å². The zero-order chi connectivity index (χ0) is 26.5. The molecule has 1 fully saturated rings. The van der Waals surface area contributed by atoms with Gasteiger partial charge in [-0.15, -0.1) is 0 Å². The van der Waals surface area contributed by atoms with E-state index in [4.69, 9.17) is 21.1 Å². The van der Waals surface area contributed by atoms with Gasteiger partial charge >= 0.3 is 11.9 Å². The first kappa shape index (κ1) is 33.2. The van der Waals surface area contributed by atoms with Gasteiger partial charge in [0.2, 0.25) is 12.5 Å². The zero-order valence-corrected chi connectivity index (χ0v) is 20.4. The summed E-state index contributed by atoms with van der Waals surface area (Å²) < 4.78 is 0. The van der Waals surface area contributed by atoms with Gasteiger partial charge in [0.15, 0.2) is 12.6 Å². The summed E-state index contributed by atoms with van der Waals surface area (Å²) in [6, 6.07) is -0.164. The smallest absolute Gasteiger partial charge is 0.348 e. The maximum Gasteiger partial charge on any atom is 0.348 e. The highest BCUT2D eigenvalue weighted by Crippen LogP contribution is 1.96. The van der Waals surface area contributed by atoms with Crippen molar-refractivity contribution in [2.24, 2.45) is 11.5 Å². The fourth-order valence-electron chi connectivity index (χ4n) is 2.76. The number of Topliss-reactive ketones (excluding diaryl/α,β-unsaturated/α-hetero) is 2. The SMILES string of the molecule is CNC(CCC[NH+]=C(N)N)C(C)=O.CNC(CCC[NH+]=C1NC(O)C(O)N1)C(C)=O.O=CC=O. The minimum atomic E-state index is -0.986. The molecule has 4 atom stereocenters. The Kier molecular flexibility index (Phi) is 20.2. The largest absolute Gasteiger partial charge is 0.357 e. The van der Waals surface area contributed by atoms with Crippen LogP contribution in [0, 0.1) is 0 Å². The van der Waals surface area contributed by atoms with Crippen LogP contribution in [0.2, 0.25) is 0 Å². The van der Waals surface area contributed by atoms with Gasteiger partial charge in [0.25, 0.3) is 0 Å². The van der Waals surface area contributed by atoms with Crippen molar-refractivity contribution < 1.29 is 39.4 Å². The predicted octanol–water partition coefficient (Wildman–Crippen LogP) is -7.11. The third-order valence-electron chi connectivity index (χ3n) is 4.59. The number of carbonyl (C=O) groups excluding carboxylic acids is 4. The Morgan fingerprint density at radius 2 is 1.35 bits per heavy atom. The van der Waals surface area contributed by atoms with Crippen LogP contribution in [0.3, 0.4) is 0 Å². The van der Waals surface area contributed by atoms with Crippen molar-refractivity contribution in [1.29, 1.82) is 0 Å². The van der Waals surface area contributed by atoms with Crippen LogP contribution in [-0.2, 0) is 19.2 Å². The summed E-state index contributed by atoms with van der Waals surface area (Å²) in [5, 5.41) is 29.6. The molecule has 0 saturated carbocycles. The van der Waals surface area contributed by atoms with Gasteiger partial charge < -0.3 is 20.8 Å². The highest BCUT2D eigenvalue weighted by molar-refractivity contribution is 6.09. The van der Waals surface area contributed by atoms with Crippen LogP contribution in [0.15, 0.2) is 0 Å². The van der Waals surface area contributed by atoms with Gasteiger partial charge in [-0.3, -0.25) is 40.6 Å². The molecule has 1 aliphatic heterocycles. The summed E-state index contributed by atoms with van der Waals surface area (Å²) in [7, 11) is 3.55. The molecule has 0 spiro atoms. The normalized spacial score (nSPS) is 17.8. The van der Waals surface area contributed by atoms with Crippen molar-refractivity contribution in [3.05, 3.63) is 0 Å². The van der Waals surface area contributed by atoms with E-state index in [1.165, 1.54) is 0 Å². The molecule has 14 nitrogen and oxygen atoms in total. The van der Waals surface area contributed by atoms with Crippen LogP contribution in [0.5, 0.6) is 0 Å². The molecule has 196 valence electrons. The third kappa shape index (κ3) is 17.6. The maximum absolute atomic E-state index is 11.1. The Balaban J connectivity index is 0. The highest BCUT2D eigenvalue weighted by Gasteiger charge is 2.32. The highest BCUT2D eigenvalue weighted by atomic mass is 16.4. The molecule has 0 bridgehead atoms.